The highest BCUT2D eigenvalue weighted by atomic mass is 16.3. The minimum atomic E-state index is -0.827. The fourth-order valence-corrected chi connectivity index (χ4v) is 5.48. The lowest BCUT2D eigenvalue weighted by Gasteiger charge is -2.19. The van der Waals surface area contributed by atoms with Gasteiger partial charge in [-0.05, 0) is 84.7 Å². The molecule has 0 spiro atoms. The smallest absolute Gasteiger partial charge is 0.136 e. The Morgan fingerprint density at radius 1 is 0.600 bits per heavy atom. The first-order chi connectivity index (χ1) is 30.2. The van der Waals surface area contributed by atoms with Crippen LogP contribution in [0.2, 0.25) is 0 Å². The number of rotatable bonds is 6. The molecule has 0 aliphatic rings. The molecule has 0 fully saturated rings. The second-order valence-electron chi connectivity index (χ2n) is 9.86. The largest absolute Gasteiger partial charge is 0.456 e. The van der Waals surface area contributed by atoms with Gasteiger partial charge in [0.2, 0.25) is 0 Å². The van der Waals surface area contributed by atoms with Crippen LogP contribution in [0.4, 0.5) is 0 Å². The maximum absolute atomic E-state index is 10.00. The lowest BCUT2D eigenvalue weighted by Crippen LogP contribution is -1.92. The van der Waals surface area contributed by atoms with Crippen LogP contribution < -0.4 is 0 Å². The third kappa shape index (κ3) is 4.67. The molecule has 0 atom stereocenters. The maximum atomic E-state index is 10.00. The topological polar surface area (TPSA) is 13.1 Å². The molecule has 0 aliphatic heterocycles. The molecule has 8 rings (SSSR count). The average Bonchev–Trinajstić information content (AvgIpc) is 3.68. The lowest BCUT2D eigenvalue weighted by atomic mass is 9.84. The minimum absolute atomic E-state index is 0.0128. The molecule has 45 heavy (non-hydrogen) atoms. The summed E-state index contributed by atoms with van der Waals surface area (Å²) in [5.74, 6) is 0. The van der Waals surface area contributed by atoms with Gasteiger partial charge in [-0.25, -0.2) is 0 Å². The first kappa shape index (κ1) is 13.4. The average molecular weight is 594 g/mol. The zero-order valence-electron chi connectivity index (χ0n) is 42.3. The zero-order valence-corrected chi connectivity index (χ0v) is 23.3. The van der Waals surface area contributed by atoms with E-state index in [0.29, 0.717) is 11.1 Å². The zero-order chi connectivity index (χ0) is 46.7. The third-order valence-corrected chi connectivity index (χ3v) is 7.30. The van der Waals surface area contributed by atoms with Crippen LogP contribution in [-0.2, 0) is 0 Å². The van der Waals surface area contributed by atoms with Gasteiger partial charge in [-0.2, -0.15) is 0 Å². The van der Waals surface area contributed by atoms with Crippen molar-refractivity contribution in [2.24, 2.45) is 0 Å². The summed E-state index contributed by atoms with van der Waals surface area (Å²) in [4.78, 5) is 0. The van der Waals surface area contributed by atoms with Crippen molar-refractivity contribution < 1.29 is 30.5 Å². The third-order valence-electron chi connectivity index (χ3n) is 7.30. The summed E-state index contributed by atoms with van der Waals surface area (Å²) in [6, 6.07) is -4.95. The van der Waals surface area contributed by atoms with Crippen LogP contribution in [0.15, 0.2) is 174 Å². The van der Waals surface area contributed by atoms with E-state index in [1.165, 1.54) is 18.2 Å². The molecule has 0 bridgehead atoms. The van der Waals surface area contributed by atoms with Crippen LogP contribution in [0.1, 0.15) is 31.6 Å². The molecule has 1 heteroatoms. The summed E-state index contributed by atoms with van der Waals surface area (Å²) in [5.41, 5.74) is -2.16. The first-order valence-electron chi connectivity index (χ1n) is 23.2. The van der Waals surface area contributed by atoms with Gasteiger partial charge in [0.25, 0.3) is 0 Å². The van der Waals surface area contributed by atoms with Crippen molar-refractivity contribution in [1.29, 1.82) is 0 Å². The van der Waals surface area contributed by atoms with Gasteiger partial charge in [-0.15, -0.1) is 0 Å². The van der Waals surface area contributed by atoms with Gasteiger partial charge in [0.1, 0.15) is 11.2 Å². The Hall–Kier alpha value is -5.92. The van der Waals surface area contributed by atoms with Crippen molar-refractivity contribution in [3.8, 4) is 33.4 Å². The van der Waals surface area contributed by atoms with Crippen LogP contribution in [0.25, 0.3) is 82.9 Å². The molecule has 8 aromatic rings. The molecule has 7 aromatic carbocycles. The second-order valence-corrected chi connectivity index (χ2v) is 9.86. The lowest BCUT2D eigenvalue weighted by molar-refractivity contribution is 0.669. The Labute approximate surface area is 289 Å². The molecule has 212 valence electrons. The van der Waals surface area contributed by atoms with E-state index in [1.807, 2.05) is 0 Å². The maximum Gasteiger partial charge on any atom is 0.136 e. The number of para-hydroxylation sites is 1. The Morgan fingerprint density at radius 3 is 2.13 bits per heavy atom. The predicted molar refractivity (Wildman–Crippen MR) is 193 cm³/mol. The molecule has 1 nitrogen and oxygen atoms in total. The second kappa shape index (κ2) is 11.3. The van der Waals surface area contributed by atoms with Gasteiger partial charge in [0.05, 0.1) is 26.0 Å². The SMILES string of the molecule is [2H]/C(C=C)=C/C=C/c1cccc(-c2c3cc([2H])c([2H])c([2H])c3c(-c3c([2H])c(-c4c([2H])c([2H])c([2H])c([2H])c4[2H])c([2H])c4oc5c([2H])c([2H])c([2H])c([2H])c5c34)c3c([2H])c([2H])c([2H])c([2H])c23)c1. The van der Waals surface area contributed by atoms with Gasteiger partial charge < -0.3 is 4.42 Å². The summed E-state index contributed by atoms with van der Waals surface area (Å²) in [6.07, 6.45) is 6.09. The quantitative estimate of drug-likeness (QED) is 0.138. The van der Waals surface area contributed by atoms with Gasteiger partial charge in [-0.1, -0.05) is 152 Å². The number of benzene rings is 7. The number of hydrogen-bond acceptors (Lipinski definition) is 1. The number of allylic oxidation sites excluding steroid dienone is 4. The Kier molecular flexibility index (Phi) is 3.36. The Morgan fingerprint density at radius 2 is 1.31 bits per heavy atom. The minimum Gasteiger partial charge on any atom is -0.456 e. The van der Waals surface area contributed by atoms with E-state index in [0.717, 1.165) is 0 Å². The van der Waals surface area contributed by atoms with Crippen LogP contribution >= 0.6 is 0 Å². The molecule has 1 aromatic heterocycles. The van der Waals surface area contributed by atoms with Crippen molar-refractivity contribution in [1.82, 2.24) is 0 Å². The van der Waals surface area contributed by atoms with Crippen LogP contribution in [0.3, 0.4) is 0 Å². The molecular weight excluding hydrogens is 544 g/mol. The monoisotopic (exact) mass is 593 g/mol. The van der Waals surface area contributed by atoms with Crippen molar-refractivity contribution in [3.05, 3.63) is 176 Å². The number of hydrogen-bond donors (Lipinski definition) is 0. The van der Waals surface area contributed by atoms with E-state index in [-0.39, 0.29) is 49.5 Å². The van der Waals surface area contributed by atoms with Gasteiger partial charge in [-0.3, -0.25) is 0 Å². The summed E-state index contributed by atoms with van der Waals surface area (Å²) in [7, 11) is 0. The van der Waals surface area contributed by atoms with E-state index >= 15 is 0 Å². The molecule has 0 N–H and O–H groups in total. The van der Waals surface area contributed by atoms with Gasteiger partial charge in [0, 0.05) is 10.8 Å². The van der Waals surface area contributed by atoms with E-state index < -0.39 is 137 Å². The Bertz CT molecular complexity index is 3480. The number of furan rings is 1. The van der Waals surface area contributed by atoms with Crippen LogP contribution in [0, 0.1) is 0 Å². The van der Waals surface area contributed by atoms with Crippen molar-refractivity contribution in [2.75, 3.05) is 0 Å². The summed E-state index contributed by atoms with van der Waals surface area (Å²) in [5, 5.41) is -1.52. The highest BCUT2D eigenvalue weighted by Gasteiger charge is 2.21. The van der Waals surface area contributed by atoms with Crippen molar-refractivity contribution in [2.45, 2.75) is 0 Å². The standard InChI is InChI=1S/C44H30O/c1-2-3-4-6-16-30-17-15-20-32(27-30)42-34-21-9-11-23-36(34)43(37-24-12-10-22-35(37)42)39-28-33(31-18-7-5-8-19-31)29-41-44(39)38-25-13-14-26-40(38)45-41/h2-29H,1H2/b4-3-,16-6+/i3D,5D,7D,8D,9D,10D,11D,12D,13D,14D,18D,19D,21D,23D,24D,25D,26D,28D,29D. The van der Waals surface area contributed by atoms with E-state index in [9.17, 15) is 6.85 Å². The Balaban J connectivity index is 1.73. The fraction of sp³-hybridized carbons (Fsp3) is 0. The highest BCUT2D eigenvalue weighted by Crippen LogP contribution is 2.48. The van der Waals surface area contributed by atoms with Gasteiger partial charge in [0.15, 0.2) is 0 Å². The molecule has 0 amide bonds. The van der Waals surface area contributed by atoms with Gasteiger partial charge >= 0.3 is 0 Å². The van der Waals surface area contributed by atoms with E-state index in [1.54, 1.807) is 36.4 Å². The number of fused-ring (bicyclic) bond motifs is 5. The molecule has 0 saturated carbocycles. The first-order valence-corrected chi connectivity index (χ1v) is 13.7. The summed E-state index contributed by atoms with van der Waals surface area (Å²) < 4.78 is 175. The van der Waals surface area contributed by atoms with E-state index in [4.69, 9.17) is 23.6 Å². The fourth-order valence-electron chi connectivity index (χ4n) is 5.48. The summed E-state index contributed by atoms with van der Waals surface area (Å²) >= 11 is 0. The van der Waals surface area contributed by atoms with Crippen LogP contribution in [-0.4, -0.2) is 0 Å². The van der Waals surface area contributed by atoms with Crippen molar-refractivity contribution in [3.63, 3.8) is 0 Å². The summed E-state index contributed by atoms with van der Waals surface area (Å²) in [6.45, 7) is 3.57. The predicted octanol–water partition coefficient (Wildman–Crippen LogP) is 12.6. The molecule has 0 saturated heterocycles. The normalized spacial score (nSPS) is 18.0. The molecule has 0 aliphatic carbocycles. The van der Waals surface area contributed by atoms with Crippen molar-refractivity contribution >= 4 is 49.6 Å². The highest BCUT2D eigenvalue weighted by molar-refractivity contribution is 6.26. The molecular formula is C44H30O. The molecule has 1 heterocycles. The van der Waals surface area contributed by atoms with Crippen LogP contribution in [0.5, 0.6) is 0 Å². The molecule has 0 unspecified atom stereocenters. The van der Waals surface area contributed by atoms with E-state index in [2.05, 4.69) is 6.58 Å². The molecule has 0 radical (unpaired) electrons.